The number of nitrogens with zero attached hydrogens (tertiary/aromatic N) is 1. The van der Waals surface area contributed by atoms with Gasteiger partial charge in [-0.15, -0.1) is 0 Å². The largest absolute Gasteiger partial charge is 0.506 e. The zero-order valence-corrected chi connectivity index (χ0v) is 15.5. The van der Waals surface area contributed by atoms with E-state index in [-0.39, 0.29) is 5.41 Å². The summed E-state index contributed by atoms with van der Waals surface area (Å²) in [5, 5.41) is 10.7. The average molecular weight is 347 g/mol. The molecule has 3 aromatic rings. The van der Waals surface area contributed by atoms with E-state index in [1.165, 1.54) is 15.4 Å². The molecule has 1 heterocycles. The van der Waals surface area contributed by atoms with Crippen LogP contribution in [0.5, 0.6) is 5.75 Å². The molecule has 3 aromatic carbocycles. The summed E-state index contributed by atoms with van der Waals surface area (Å²) in [6.07, 6.45) is 0. The van der Waals surface area contributed by atoms with Crippen LogP contribution in [0.15, 0.2) is 76.5 Å². The standard InChI is InChI=1S/C22H21NOS/c1-22(2,3)15-12-13-19(24)18(14-15)23-16-8-4-6-10-20(16)25-21-11-7-5-9-17(21)23/h4-14,24H,1-3H3. The molecule has 0 aromatic heterocycles. The lowest BCUT2D eigenvalue weighted by atomic mass is 9.86. The Morgan fingerprint density at radius 3 is 1.88 bits per heavy atom. The normalized spacial score (nSPS) is 13.3. The molecule has 0 saturated heterocycles. The summed E-state index contributed by atoms with van der Waals surface area (Å²) in [5.74, 6) is 0.296. The second-order valence-corrected chi connectivity index (χ2v) is 8.41. The molecule has 1 aliphatic rings. The molecular weight excluding hydrogens is 326 g/mol. The van der Waals surface area contributed by atoms with Gasteiger partial charge in [0, 0.05) is 9.79 Å². The third-order valence-electron chi connectivity index (χ3n) is 4.51. The maximum absolute atomic E-state index is 10.7. The van der Waals surface area contributed by atoms with Gasteiger partial charge in [0.05, 0.1) is 17.1 Å². The van der Waals surface area contributed by atoms with Gasteiger partial charge in [0.25, 0.3) is 0 Å². The molecule has 0 bridgehead atoms. The highest BCUT2D eigenvalue weighted by atomic mass is 32.2. The summed E-state index contributed by atoms with van der Waals surface area (Å²) in [7, 11) is 0. The minimum Gasteiger partial charge on any atom is -0.506 e. The minimum absolute atomic E-state index is 0.0199. The van der Waals surface area contributed by atoms with Crippen LogP contribution in [0.3, 0.4) is 0 Å². The van der Waals surface area contributed by atoms with Crippen LogP contribution in [-0.4, -0.2) is 5.11 Å². The van der Waals surface area contributed by atoms with Crippen molar-refractivity contribution < 1.29 is 5.11 Å². The molecule has 1 N–H and O–H groups in total. The first-order valence-electron chi connectivity index (χ1n) is 8.45. The lowest BCUT2D eigenvalue weighted by Crippen LogP contribution is -2.17. The Labute approximate surface area is 153 Å². The topological polar surface area (TPSA) is 23.5 Å². The van der Waals surface area contributed by atoms with E-state index in [1.807, 2.05) is 24.3 Å². The van der Waals surface area contributed by atoms with E-state index in [9.17, 15) is 5.11 Å². The van der Waals surface area contributed by atoms with Gasteiger partial charge < -0.3 is 10.0 Å². The van der Waals surface area contributed by atoms with Crippen LogP contribution in [-0.2, 0) is 5.41 Å². The number of phenols is 1. The van der Waals surface area contributed by atoms with Gasteiger partial charge in [0.2, 0.25) is 0 Å². The molecule has 0 radical (unpaired) electrons. The van der Waals surface area contributed by atoms with Crippen LogP contribution < -0.4 is 4.90 Å². The number of benzene rings is 3. The van der Waals surface area contributed by atoms with Crippen molar-refractivity contribution in [3.8, 4) is 5.75 Å². The summed E-state index contributed by atoms with van der Waals surface area (Å²) in [4.78, 5) is 4.56. The van der Waals surface area contributed by atoms with Gasteiger partial charge in [-0.25, -0.2) is 0 Å². The van der Waals surface area contributed by atoms with Crippen molar-refractivity contribution >= 4 is 28.8 Å². The summed E-state index contributed by atoms with van der Waals surface area (Å²) in [5.41, 5.74) is 4.26. The number of anilines is 3. The Morgan fingerprint density at radius 1 is 0.760 bits per heavy atom. The Hall–Kier alpha value is -2.39. The third-order valence-corrected chi connectivity index (χ3v) is 5.64. The molecule has 0 amide bonds. The summed E-state index contributed by atoms with van der Waals surface area (Å²) < 4.78 is 0. The fourth-order valence-corrected chi connectivity index (χ4v) is 4.19. The van der Waals surface area contributed by atoms with Crippen LogP contribution in [0, 0.1) is 0 Å². The monoisotopic (exact) mass is 347 g/mol. The predicted molar refractivity (Wildman–Crippen MR) is 106 cm³/mol. The minimum atomic E-state index is 0.0199. The Balaban J connectivity index is 1.97. The third kappa shape index (κ3) is 2.79. The molecule has 0 fully saturated rings. The molecule has 0 spiro atoms. The van der Waals surface area contributed by atoms with Crippen LogP contribution >= 0.6 is 11.8 Å². The lowest BCUT2D eigenvalue weighted by Gasteiger charge is -2.34. The first-order valence-corrected chi connectivity index (χ1v) is 9.26. The molecule has 0 saturated carbocycles. The highest BCUT2D eigenvalue weighted by Gasteiger charge is 2.27. The predicted octanol–water partition coefficient (Wildman–Crippen LogP) is 6.62. The second-order valence-electron chi connectivity index (χ2n) is 7.33. The summed E-state index contributed by atoms with van der Waals surface area (Å²) in [6.45, 7) is 6.57. The van der Waals surface area contributed by atoms with E-state index in [4.69, 9.17) is 0 Å². The van der Waals surface area contributed by atoms with Gasteiger partial charge in [-0.1, -0.05) is 62.9 Å². The molecule has 0 atom stereocenters. The highest BCUT2D eigenvalue weighted by Crippen LogP contribution is 2.53. The van der Waals surface area contributed by atoms with E-state index in [0.717, 1.165) is 17.1 Å². The maximum Gasteiger partial charge on any atom is 0.139 e. The quantitative estimate of drug-likeness (QED) is 0.418. The van der Waals surface area contributed by atoms with Crippen molar-refractivity contribution in [3.63, 3.8) is 0 Å². The summed E-state index contributed by atoms with van der Waals surface area (Å²) >= 11 is 1.77. The number of phenolic OH excluding ortho intramolecular Hbond substituents is 1. The van der Waals surface area contributed by atoms with Gasteiger partial charge >= 0.3 is 0 Å². The smallest absolute Gasteiger partial charge is 0.139 e. The zero-order valence-electron chi connectivity index (χ0n) is 14.7. The maximum atomic E-state index is 10.7. The molecule has 0 aliphatic carbocycles. The lowest BCUT2D eigenvalue weighted by molar-refractivity contribution is 0.475. The van der Waals surface area contributed by atoms with Crippen LogP contribution in [0.1, 0.15) is 26.3 Å². The first-order chi connectivity index (χ1) is 11.9. The van der Waals surface area contributed by atoms with E-state index in [2.05, 4.69) is 68.1 Å². The van der Waals surface area contributed by atoms with Crippen LogP contribution in [0.4, 0.5) is 17.1 Å². The van der Waals surface area contributed by atoms with Gasteiger partial charge in [-0.2, -0.15) is 0 Å². The average Bonchev–Trinajstić information content (AvgIpc) is 2.59. The number of aromatic hydroxyl groups is 1. The zero-order chi connectivity index (χ0) is 17.6. The van der Waals surface area contributed by atoms with E-state index in [0.29, 0.717) is 5.75 Å². The van der Waals surface area contributed by atoms with Crippen molar-refractivity contribution in [1.82, 2.24) is 0 Å². The number of hydrogen-bond acceptors (Lipinski definition) is 3. The molecule has 3 heteroatoms. The van der Waals surface area contributed by atoms with Gasteiger partial charge in [0.15, 0.2) is 0 Å². The van der Waals surface area contributed by atoms with Crippen molar-refractivity contribution in [3.05, 3.63) is 72.3 Å². The fraction of sp³-hybridized carbons (Fsp3) is 0.182. The van der Waals surface area contributed by atoms with Crippen LogP contribution in [0.2, 0.25) is 0 Å². The number of fused-ring (bicyclic) bond motifs is 2. The first kappa shape index (κ1) is 16.1. The molecule has 0 unspecified atom stereocenters. The van der Waals surface area contributed by atoms with E-state index >= 15 is 0 Å². The van der Waals surface area contributed by atoms with E-state index < -0.39 is 0 Å². The number of hydrogen-bond donors (Lipinski definition) is 1. The van der Waals surface area contributed by atoms with Gasteiger partial charge in [-0.05, 0) is 47.4 Å². The van der Waals surface area contributed by atoms with Crippen molar-refractivity contribution in [2.24, 2.45) is 0 Å². The van der Waals surface area contributed by atoms with Gasteiger partial charge in [0.1, 0.15) is 5.75 Å². The van der Waals surface area contributed by atoms with E-state index in [1.54, 1.807) is 11.8 Å². The molecular formula is C22H21NOS. The number of rotatable bonds is 1. The molecule has 2 nitrogen and oxygen atoms in total. The number of para-hydroxylation sites is 2. The fourth-order valence-electron chi connectivity index (χ4n) is 3.13. The van der Waals surface area contributed by atoms with Crippen molar-refractivity contribution in [2.45, 2.75) is 36.0 Å². The van der Waals surface area contributed by atoms with Crippen molar-refractivity contribution in [1.29, 1.82) is 0 Å². The van der Waals surface area contributed by atoms with Gasteiger partial charge in [-0.3, -0.25) is 0 Å². The Kier molecular flexibility index (Phi) is 3.77. The van der Waals surface area contributed by atoms with Crippen molar-refractivity contribution in [2.75, 3.05) is 4.90 Å². The molecule has 25 heavy (non-hydrogen) atoms. The van der Waals surface area contributed by atoms with Crippen LogP contribution in [0.25, 0.3) is 0 Å². The Bertz CT molecular complexity index is 897. The molecule has 4 rings (SSSR count). The highest BCUT2D eigenvalue weighted by molar-refractivity contribution is 7.99. The Morgan fingerprint density at radius 2 is 1.32 bits per heavy atom. The molecule has 1 aliphatic heterocycles. The SMILES string of the molecule is CC(C)(C)c1ccc(O)c(N2c3ccccc3Sc3ccccc32)c1. The molecule has 126 valence electrons. The summed E-state index contributed by atoms with van der Waals surface area (Å²) in [6, 6.07) is 22.6. The second kappa shape index (κ2) is 5.85.